The van der Waals surface area contributed by atoms with E-state index < -0.39 is 83.6 Å². The van der Waals surface area contributed by atoms with Crippen LogP contribution in [-0.4, -0.2) is 66.0 Å². The van der Waals surface area contributed by atoms with Crippen molar-refractivity contribution in [2.75, 3.05) is 0 Å². The van der Waals surface area contributed by atoms with Gasteiger partial charge in [-0.3, -0.25) is 27.4 Å². The van der Waals surface area contributed by atoms with Crippen LogP contribution >= 0.6 is 46.9 Å². The SMILES string of the molecule is O=P([O-])(O)OC1C(OP(=O)([O-])O)C(OP(=O)([O-])O)C(OP(=O)([O-])O)C(OP(=O)([O-])O)C1OP(=O)([O-])O.[Na+].[Na+].[Na+].[Na+].[Na+].[Na+]. The van der Waals surface area contributed by atoms with Crippen molar-refractivity contribution in [3.63, 3.8) is 0 Å². The molecule has 0 aromatic heterocycles. The van der Waals surface area contributed by atoms with Gasteiger partial charge in [-0.2, -0.15) is 0 Å². The van der Waals surface area contributed by atoms with Crippen molar-refractivity contribution < 1.29 is 291 Å². The molecule has 1 aliphatic rings. The summed E-state index contributed by atoms with van der Waals surface area (Å²) in [5.41, 5.74) is 0. The fraction of sp³-hybridized carbons (Fsp3) is 1.00. The summed E-state index contributed by atoms with van der Waals surface area (Å²) in [6.45, 7) is 0. The van der Waals surface area contributed by atoms with Gasteiger partial charge in [0.25, 0.3) is 46.9 Å². The van der Waals surface area contributed by atoms with Crippen molar-refractivity contribution in [2.24, 2.45) is 0 Å². The van der Waals surface area contributed by atoms with E-state index in [0.717, 1.165) is 0 Å². The first-order valence-electron chi connectivity index (χ1n) is 7.90. The first-order chi connectivity index (χ1) is 15.6. The third-order valence-electron chi connectivity index (χ3n) is 3.47. The van der Waals surface area contributed by atoms with Gasteiger partial charge in [0, 0.05) is 0 Å². The molecule has 1 fully saturated rings. The van der Waals surface area contributed by atoms with Crippen LogP contribution in [0.3, 0.4) is 0 Å². The molecule has 0 heterocycles. The number of hydrogen-bond acceptors (Lipinski definition) is 18. The van der Waals surface area contributed by atoms with Gasteiger partial charge in [-0.05, 0) is 0 Å². The molecule has 36 heteroatoms. The van der Waals surface area contributed by atoms with E-state index in [9.17, 15) is 56.8 Å². The van der Waals surface area contributed by atoms with E-state index in [4.69, 9.17) is 29.4 Å². The summed E-state index contributed by atoms with van der Waals surface area (Å²) in [4.78, 5) is 121. The molecule has 0 aliphatic heterocycles. The van der Waals surface area contributed by atoms with Crippen molar-refractivity contribution in [1.82, 2.24) is 0 Å². The molecule has 0 aromatic rings. The van der Waals surface area contributed by atoms with Crippen LogP contribution in [0.15, 0.2) is 0 Å². The molecule has 0 amide bonds. The van der Waals surface area contributed by atoms with Crippen LogP contribution in [0, 0.1) is 0 Å². The standard InChI is InChI=1S/C6H18O24P6.6Na/c7-31(8,9)25-1-2(26-32(10,11)12)4(28-34(16,17)18)6(30-36(22,23)24)5(29-35(19,20)21)3(1)27-33(13,14)15;;;;;;/h1-6H,(H2,7,8,9)(H2,10,11,12)(H2,13,14,15)(H2,16,17,18)(H2,19,20,21)(H2,22,23,24);;;;;;/q;6*+1/p-6. The van der Waals surface area contributed by atoms with Gasteiger partial charge < -0.3 is 85.9 Å². The molecule has 0 saturated heterocycles. The summed E-state index contributed by atoms with van der Waals surface area (Å²) < 4.78 is 90.7. The molecule has 1 rings (SSSR count). The summed E-state index contributed by atoms with van der Waals surface area (Å²) >= 11 is 0. The van der Waals surface area contributed by atoms with Crippen LogP contribution in [0.25, 0.3) is 0 Å². The molecule has 0 bridgehead atoms. The average Bonchev–Trinajstić information content (AvgIpc) is 2.51. The van der Waals surface area contributed by atoms with Crippen molar-refractivity contribution >= 4 is 46.9 Å². The summed E-state index contributed by atoms with van der Waals surface area (Å²) in [7, 11) is -38.1. The molecule has 1 aliphatic carbocycles. The molecule has 0 radical (unpaired) electrons. The maximum Gasteiger partial charge on any atom is 1.00 e. The first kappa shape index (κ1) is 60.7. The smallest absolute Gasteiger partial charge is 0.756 e. The van der Waals surface area contributed by atoms with Gasteiger partial charge in [0.2, 0.25) is 0 Å². The van der Waals surface area contributed by atoms with Gasteiger partial charge in [-0.25, -0.2) is 0 Å². The van der Waals surface area contributed by atoms with E-state index >= 15 is 0 Å². The van der Waals surface area contributed by atoms with Crippen molar-refractivity contribution in [3.05, 3.63) is 0 Å². The van der Waals surface area contributed by atoms with E-state index in [-0.39, 0.29) is 177 Å². The Morgan fingerprint density at radius 2 is 0.381 bits per heavy atom. The van der Waals surface area contributed by atoms with E-state index in [1.54, 1.807) is 0 Å². The second kappa shape index (κ2) is 23.4. The molecule has 6 atom stereocenters. The normalized spacial score (nSPS) is 32.0. The summed E-state index contributed by atoms with van der Waals surface area (Å²) in [6, 6.07) is 0. The molecule has 6 N–H and O–H groups in total. The second-order valence-corrected chi connectivity index (χ2v) is 13.1. The maximum atomic E-state index is 11.3. The fourth-order valence-electron chi connectivity index (χ4n) is 2.76. The third kappa shape index (κ3) is 26.4. The van der Waals surface area contributed by atoms with Crippen LogP contribution in [0.4, 0.5) is 0 Å². The minimum absolute atomic E-state index is 0. The largest absolute Gasteiger partial charge is 1.00 e. The zero-order valence-electron chi connectivity index (χ0n) is 22.2. The van der Waals surface area contributed by atoms with E-state index in [2.05, 4.69) is 27.1 Å². The Labute approximate surface area is 368 Å². The van der Waals surface area contributed by atoms with Crippen molar-refractivity contribution in [1.29, 1.82) is 0 Å². The zero-order chi connectivity index (χ0) is 28.7. The molecule has 6 unspecified atom stereocenters. The molecular weight excluding hydrogens is 780 g/mol. The quantitative estimate of drug-likeness (QED) is 0.0789. The molecule has 0 spiro atoms. The van der Waals surface area contributed by atoms with E-state index in [1.165, 1.54) is 0 Å². The van der Waals surface area contributed by atoms with Gasteiger partial charge >= 0.3 is 177 Å². The monoisotopic (exact) mass is 792 g/mol. The van der Waals surface area contributed by atoms with Crippen LogP contribution in [0.1, 0.15) is 0 Å². The second-order valence-electron chi connectivity index (χ2n) is 6.23. The summed E-state index contributed by atoms with van der Waals surface area (Å²) in [5, 5.41) is 0. The predicted molar refractivity (Wildman–Crippen MR) is 88.2 cm³/mol. The number of rotatable bonds is 12. The Hall–Kier alpha value is 6.66. The van der Waals surface area contributed by atoms with E-state index in [1.807, 2.05) is 0 Å². The topological polar surface area (TPSA) is 418 Å². The van der Waals surface area contributed by atoms with Crippen LogP contribution in [-0.2, 0) is 54.5 Å². The van der Waals surface area contributed by atoms with Crippen LogP contribution < -0.4 is 207 Å². The summed E-state index contributed by atoms with van der Waals surface area (Å²) in [6.07, 6.45) is -20.2. The minimum atomic E-state index is -6.35. The van der Waals surface area contributed by atoms with Gasteiger partial charge in [-0.15, -0.1) is 0 Å². The number of phosphoric acid groups is 6. The molecule has 42 heavy (non-hydrogen) atoms. The summed E-state index contributed by atoms with van der Waals surface area (Å²) in [5.74, 6) is 0. The molecular formula is C6H12Na6O24P6. The van der Waals surface area contributed by atoms with Crippen LogP contribution in [0.2, 0.25) is 0 Å². The van der Waals surface area contributed by atoms with Crippen LogP contribution in [0.5, 0.6) is 0 Å². The Morgan fingerprint density at radius 3 is 0.429 bits per heavy atom. The Morgan fingerprint density at radius 1 is 0.310 bits per heavy atom. The zero-order valence-corrected chi connectivity index (χ0v) is 39.5. The van der Waals surface area contributed by atoms with Crippen molar-refractivity contribution in [2.45, 2.75) is 36.6 Å². The average molecular weight is 792 g/mol. The molecule has 1 saturated carbocycles. The molecule has 0 aromatic carbocycles. The van der Waals surface area contributed by atoms with Gasteiger partial charge in [0.15, 0.2) is 0 Å². The third-order valence-corrected chi connectivity index (χ3v) is 6.53. The number of hydrogen-bond donors (Lipinski definition) is 6. The van der Waals surface area contributed by atoms with Crippen molar-refractivity contribution in [3.8, 4) is 0 Å². The predicted octanol–water partition coefficient (Wildman–Crippen LogP) is -24.9. The van der Waals surface area contributed by atoms with Gasteiger partial charge in [0.05, 0.1) is 0 Å². The Bertz CT molecular complexity index is 843. The maximum absolute atomic E-state index is 11.3. The van der Waals surface area contributed by atoms with E-state index in [0.29, 0.717) is 0 Å². The Kier molecular flexibility index (Phi) is 33.8. The minimum Gasteiger partial charge on any atom is -0.756 e. The molecule has 216 valence electrons. The molecule has 24 nitrogen and oxygen atoms in total. The van der Waals surface area contributed by atoms with Gasteiger partial charge in [-0.1, -0.05) is 0 Å². The number of phosphoric ester groups is 6. The Balaban J connectivity index is -0.000000540. The fourth-order valence-corrected chi connectivity index (χ4v) is 6.05. The first-order valence-corrected chi connectivity index (χ1v) is 16.9. The van der Waals surface area contributed by atoms with Gasteiger partial charge in [0.1, 0.15) is 36.6 Å².